The number of sulfonamides is 1. The maximum atomic E-state index is 13.0. The molecule has 0 aromatic carbocycles. The highest BCUT2D eigenvalue weighted by Gasteiger charge is 2.36. The van der Waals surface area contributed by atoms with E-state index < -0.39 is 45.7 Å². The summed E-state index contributed by atoms with van der Waals surface area (Å²) in [5.41, 5.74) is -1.25. The Morgan fingerprint density at radius 3 is 2.45 bits per heavy atom. The van der Waals surface area contributed by atoms with Crippen LogP contribution in [0.2, 0.25) is 0 Å². The van der Waals surface area contributed by atoms with Crippen molar-refractivity contribution in [3.63, 3.8) is 0 Å². The number of hydrogen-bond donors (Lipinski definition) is 3. The predicted molar refractivity (Wildman–Crippen MR) is 71.7 cm³/mol. The van der Waals surface area contributed by atoms with Gasteiger partial charge in [0.05, 0.1) is 18.8 Å². The average molecular weight is 343 g/mol. The fourth-order valence-corrected chi connectivity index (χ4v) is 2.69. The number of halogens is 3. The van der Waals surface area contributed by atoms with Gasteiger partial charge >= 0.3 is 6.18 Å². The van der Waals surface area contributed by atoms with E-state index >= 15 is 0 Å². The predicted octanol–water partition coefficient (Wildman–Crippen LogP) is 0.117. The molecule has 0 radical (unpaired) electrons. The molecule has 1 heterocycles. The van der Waals surface area contributed by atoms with Crippen molar-refractivity contribution in [2.75, 3.05) is 38.7 Å². The monoisotopic (exact) mass is 343 g/mol. The van der Waals surface area contributed by atoms with Crippen molar-refractivity contribution in [3.8, 4) is 0 Å². The topological polar surface area (TPSA) is 103 Å². The zero-order chi connectivity index (χ0) is 17.0. The van der Waals surface area contributed by atoms with Crippen LogP contribution in [-0.4, -0.2) is 61.3 Å². The highest BCUT2D eigenvalue weighted by atomic mass is 32.2. The smallest absolute Gasteiger partial charge is 0.395 e. The van der Waals surface area contributed by atoms with Gasteiger partial charge in [0.25, 0.3) is 0 Å². The van der Waals surface area contributed by atoms with Gasteiger partial charge in [-0.15, -0.1) is 0 Å². The molecule has 0 spiro atoms. The summed E-state index contributed by atoms with van der Waals surface area (Å²) in [6.45, 7) is -1.29. The third-order valence-corrected chi connectivity index (χ3v) is 4.52. The van der Waals surface area contributed by atoms with Crippen LogP contribution < -0.4 is 5.32 Å². The summed E-state index contributed by atoms with van der Waals surface area (Å²) >= 11 is 0. The van der Waals surface area contributed by atoms with Crippen LogP contribution in [0.5, 0.6) is 0 Å². The molecule has 11 heteroatoms. The van der Waals surface area contributed by atoms with Gasteiger partial charge in [-0.05, 0) is 6.07 Å². The Morgan fingerprint density at radius 2 is 1.95 bits per heavy atom. The van der Waals surface area contributed by atoms with Crippen LogP contribution in [-0.2, 0) is 16.2 Å². The Hall–Kier alpha value is -1.43. The highest BCUT2D eigenvalue weighted by Crippen LogP contribution is 2.35. The maximum absolute atomic E-state index is 13.0. The molecule has 0 aliphatic rings. The van der Waals surface area contributed by atoms with Crippen LogP contribution in [0.3, 0.4) is 0 Å². The van der Waals surface area contributed by atoms with Crippen LogP contribution in [0.15, 0.2) is 17.2 Å². The summed E-state index contributed by atoms with van der Waals surface area (Å²) in [6, 6.07) is 0.468. The summed E-state index contributed by atoms with van der Waals surface area (Å²) in [5, 5.41) is 19.6. The quantitative estimate of drug-likeness (QED) is 0.650. The van der Waals surface area contributed by atoms with Gasteiger partial charge in [0.15, 0.2) is 0 Å². The zero-order valence-corrected chi connectivity index (χ0v) is 12.4. The molecule has 0 saturated carbocycles. The average Bonchev–Trinajstić information content (AvgIpc) is 2.44. The standard InChI is InChI=1S/C11H16F3N3O4S/c1-17(3-5-19)22(20,21)8-6-9(11(12,13)14)10(16-7-8)15-2-4-18/h6-7,18-19H,2-5H2,1H3,(H,15,16). The first-order chi connectivity index (χ1) is 10.1. The Bertz CT molecular complexity index is 607. The molecule has 3 N–H and O–H groups in total. The molecular formula is C11H16F3N3O4S. The fourth-order valence-electron chi connectivity index (χ4n) is 1.56. The fraction of sp³-hybridized carbons (Fsp3) is 0.545. The minimum atomic E-state index is -4.81. The van der Waals surface area contributed by atoms with E-state index in [-0.39, 0.29) is 13.1 Å². The van der Waals surface area contributed by atoms with Crippen molar-refractivity contribution < 1.29 is 31.8 Å². The molecule has 1 aromatic rings. The molecule has 0 aliphatic carbocycles. The number of nitrogens with zero attached hydrogens (tertiary/aromatic N) is 2. The zero-order valence-electron chi connectivity index (χ0n) is 11.6. The third kappa shape index (κ3) is 4.29. The van der Waals surface area contributed by atoms with E-state index in [1.54, 1.807) is 0 Å². The first-order valence-electron chi connectivity index (χ1n) is 6.13. The molecule has 126 valence electrons. The summed E-state index contributed by atoms with van der Waals surface area (Å²) in [4.78, 5) is 2.85. The van der Waals surface area contributed by atoms with E-state index in [9.17, 15) is 21.6 Å². The van der Waals surface area contributed by atoms with Gasteiger partial charge < -0.3 is 15.5 Å². The van der Waals surface area contributed by atoms with Gasteiger partial charge in [-0.25, -0.2) is 13.4 Å². The largest absolute Gasteiger partial charge is 0.419 e. The van der Waals surface area contributed by atoms with Gasteiger partial charge in [0.1, 0.15) is 10.7 Å². The molecule has 0 bridgehead atoms. The van der Waals surface area contributed by atoms with Gasteiger partial charge in [-0.2, -0.15) is 17.5 Å². The second-order valence-corrected chi connectivity index (χ2v) is 6.31. The summed E-state index contributed by atoms with van der Waals surface area (Å²) in [5.74, 6) is -0.565. The highest BCUT2D eigenvalue weighted by molar-refractivity contribution is 7.89. The molecular weight excluding hydrogens is 327 g/mol. The minimum Gasteiger partial charge on any atom is -0.395 e. The Kier molecular flexibility index (Phi) is 6.11. The molecule has 0 saturated heterocycles. The molecule has 0 amide bonds. The van der Waals surface area contributed by atoms with E-state index in [1.807, 2.05) is 0 Å². The lowest BCUT2D eigenvalue weighted by molar-refractivity contribution is -0.137. The number of nitrogens with one attached hydrogen (secondary N) is 1. The minimum absolute atomic E-state index is 0.160. The van der Waals surface area contributed by atoms with Crippen molar-refractivity contribution in [3.05, 3.63) is 17.8 Å². The number of aliphatic hydroxyl groups is 2. The molecule has 22 heavy (non-hydrogen) atoms. The summed E-state index contributed by atoms with van der Waals surface area (Å²) in [7, 11) is -3.05. The van der Waals surface area contributed by atoms with Crippen molar-refractivity contribution >= 4 is 15.8 Å². The van der Waals surface area contributed by atoms with Crippen LogP contribution in [0.1, 0.15) is 5.56 Å². The first kappa shape index (κ1) is 18.6. The summed E-state index contributed by atoms with van der Waals surface area (Å²) in [6.07, 6.45) is -4.02. The van der Waals surface area contributed by atoms with Crippen LogP contribution in [0, 0.1) is 0 Å². The second-order valence-electron chi connectivity index (χ2n) is 4.27. The van der Waals surface area contributed by atoms with Gasteiger partial charge in [0, 0.05) is 26.3 Å². The molecule has 7 nitrogen and oxygen atoms in total. The van der Waals surface area contributed by atoms with E-state index in [4.69, 9.17) is 10.2 Å². The number of likely N-dealkylation sites (N-methyl/N-ethyl adjacent to an activating group) is 1. The van der Waals surface area contributed by atoms with E-state index in [2.05, 4.69) is 10.3 Å². The van der Waals surface area contributed by atoms with Gasteiger partial charge in [-0.3, -0.25) is 0 Å². The van der Waals surface area contributed by atoms with Crippen molar-refractivity contribution in [1.82, 2.24) is 9.29 Å². The summed E-state index contributed by atoms with van der Waals surface area (Å²) < 4.78 is 63.9. The molecule has 1 rings (SSSR count). The normalized spacial score (nSPS) is 12.7. The SMILES string of the molecule is CN(CCO)S(=O)(=O)c1cnc(NCCO)c(C(F)(F)F)c1. The second kappa shape index (κ2) is 7.22. The number of anilines is 1. The lowest BCUT2D eigenvalue weighted by Crippen LogP contribution is -2.30. The first-order valence-corrected chi connectivity index (χ1v) is 7.57. The Labute approximate surface area is 125 Å². The van der Waals surface area contributed by atoms with Crippen LogP contribution >= 0.6 is 0 Å². The lowest BCUT2D eigenvalue weighted by atomic mass is 10.2. The van der Waals surface area contributed by atoms with Crippen molar-refractivity contribution in [2.45, 2.75) is 11.1 Å². The molecule has 0 unspecified atom stereocenters. The molecule has 1 aromatic heterocycles. The Morgan fingerprint density at radius 1 is 1.32 bits per heavy atom. The van der Waals surface area contributed by atoms with Gasteiger partial charge in [0.2, 0.25) is 10.0 Å². The molecule has 0 fully saturated rings. The van der Waals surface area contributed by atoms with Crippen LogP contribution in [0.4, 0.5) is 19.0 Å². The number of hydrogen-bond acceptors (Lipinski definition) is 6. The van der Waals surface area contributed by atoms with E-state index in [0.717, 1.165) is 17.5 Å². The van der Waals surface area contributed by atoms with E-state index in [0.29, 0.717) is 6.07 Å². The van der Waals surface area contributed by atoms with Crippen LogP contribution in [0.25, 0.3) is 0 Å². The molecule has 0 atom stereocenters. The number of alkyl halides is 3. The number of pyridine rings is 1. The maximum Gasteiger partial charge on any atom is 0.419 e. The van der Waals surface area contributed by atoms with Crippen molar-refractivity contribution in [2.24, 2.45) is 0 Å². The Balaban J connectivity index is 3.30. The van der Waals surface area contributed by atoms with Gasteiger partial charge in [-0.1, -0.05) is 0 Å². The lowest BCUT2D eigenvalue weighted by Gasteiger charge is -2.18. The van der Waals surface area contributed by atoms with Crippen molar-refractivity contribution in [1.29, 1.82) is 0 Å². The van der Waals surface area contributed by atoms with E-state index in [1.165, 1.54) is 0 Å². The number of rotatable bonds is 7. The molecule has 0 aliphatic heterocycles. The third-order valence-electron chi connectivity index (χ3n) is 2.70. The number of aliphatic hydroxyl groups excluding tert-OH is 2. The number of aromatic nitrogens is 1.